The molecular weight excluding hydrogens is 406 g/mol. The number of aromatic nitrogens is 1. The van der Waals surface area contributed by atoms with Crippen molar-refractivity contribution in [3.63, 3.8) is 0 Å². The summed E-state index contributed by atoms with van der Waals surface area (Å²) in [6, 6.07) is 3.09. The second-order valence-corrected chi connectivity index (χ2v) is 7.57. The molecule has 1 aliphatic heterocycles. The van der Waals surface area contributed by atoms with E-state index in [1.54, 1.807) is 6.92 Å². The highest BCUT2D eigenvalue weighted by molar-refractivity contribution is 5.94. The number of aromatic carboxylic acids is 1. The Morgan fingerprint density at radius 1 is 1.13 bits per heavy atom. The van der Waals surface area contributed by atoms with E-state index in [0.717, 1.165) is 22.9 Å². The first-order chi connectivity index (χ1) is 14.0. The first kappa shape index (κ1) is 19.9. The topological polar surface area (TPSA) is 88.6 Å². The maximum absolute atomic E-state index is 15.5. The first-order valence-corrected chi connectivity index (χ1v) is 8.80. The van der Waals surface area contributed by atoms with Gasteiger partial charge in [0.05, 0.1) is 16.6 Å². The number of anilines is 1. The molecule has 2 heterocycles. The normalized spacial score (nSPS) is 15.3. The summed E-state index contributed by atoms with van der Waals surface area (Å²) < 4.78 is 58.8. The van der Waals surface area contributed by atoms with Crippen LogP contribution in [0, 0.1) is 23.3 Å². The molecule has 0 saturated carbocycles. The van der Waals surface area contributed by atoms with Crippen LogP contribution in [0.1, 0.15) is 17.3 Å². The van der Waals surface area contributed by atoms with Gasteiger partial charge in [-0.15, -0.1) is 0 Å². The number of carboxylic acids is 1. The zero-order chi connectivity index (χ0) is 22.0. The van der Waals surface area contributed by atoms with Gasteiger partial charge in [-0.2, -0.15) is 0 Å². The smallest absolute Gasteiger partial charge is 0.341 e. The van der Waals surface area contributed by atoms with Crippen LogP contribution in [0.15, 0.2) is 35.3 Å². The van der Waals surface area contributed by atoms with Gasteiger partial charge in [-0.05, 0) is 25.1 Å². The lowest BCUT2D eigenvalue weighted by molar-refractivity contribution is 0.0695. The summed E-state index contributed by atoms with van der Waals surface area (Å²) in [5.41, 5.74) is 1.88. The summed E-state index contributed by atoms with van der Waals surface area (Å²) in [5, 5.41) is 8.73. The van der Waals surface area contributed by atoms with Crippen molar-refractivity contribution in [1.29, 1.82) is 0 Å². The van der Waals surface area contributed by atoms with Gasteiger partial charge < -0.3 is 20.3 Å². The van der Waals surface area contributed by atoms with Crippen LogP contribution in [0.3, 0.4) is 0 Å². The van der Waals surface area contributed by atoms with Crippen molar-refractivity contribution in [3.05, 3.63) is 69.5 Å². The number of nitrogens with two attached hydrogens (primary N) is 1. The van der Waals surface area contributed by atoms with E-state index in [1.165, 1.54) is 4.90 Å². The third-order valence-corrected chi connectivity index (χ3v) is 4.98. The van der Waals surface area contributed by atoms with E-state index in [4.69, 9.17) is 5.73 Å². The van der Waals surface area contributed by atoms with Gasteiger partial charge in [-0.1, -0.05) is 0 Å². The van der Waals surface area contributed by atoms with Gasteiger partial charge in [-0.25, -0.2) is 22.4 Å². The van der Waals surface area contributed by atoms with Crippen LogP contribution < -0.4 is 16.1 Å². The van der Waals surface area contributed by atoms with Crippen LogP contribution >= 0.6 is 0 Å². The summed E-state index contributed by atoms with van der Waals surface area (Å²) >= 11 is 0. The molecule has 3 aromatic rings. The average molecular weight is 421 g/mol. The van der Waals surface area contributed by atoms with Crippen molar-refractivity contribution < 1.29 is 27.5 Å². The Labute approximate surface area is 166 Å². The lowest BCUT2D eigenvalue weighted by atomic mass is 9.92. The molecule has 0 unspecified atom stereocenters. The van der Waals surface area contributed by atoms with E-state index >= 15 is 4.39 Å². The first-order valence-electron chi connectivity index (χ1n) is 8.80. The summed E-state index contributed by atoms with van der Waals surface area (Å²) in [6.07, 6.45) is 0.733. The molecule has 0 aliphatic carbocycles. The Balaban J connectivity index is 2.10. The van der Waals surface area contributed by atoms with Gasteiger partial charge >= 0.3 is 5.97 Å². The fraction of sp³-hybridized carbons (Fsp3) is 0.200. The number of halogens is 4. The van der Waals surface area contributed by atoms with E-state index in [-0.39, 0.29) is 13.1 Å². The van der Waals surface area contributed by atoms with Crippen molar-refractivity contribution in [2.24, 2.45) is 5.73 Å². The molecule has 156 valence electrons. The third kappa shape index (κ3) is 3.00. The third-order valence-electron chi connectivity index (χ3n) is 4.98. The number of carboxylic acid groups (broad SMARTS) is 1. The lowest BCUT2D eigenvalue weighted by Crippen LogP contribution is -2.66. The van der Waals surface area contributed by atoms with Gasteiger partial charge in [0.25, 0.3) is 0 Å². The fourth-order valence-corrected chi connectivity index (χ4v) is 3.70. The zero-order valence-electron chi connectivity index (χ0n) is 15.5. The number of hydrogen-bond acceptors (Lipinski definition) is 4. The van der Waals surface area contributed by atoms with Crippen LogP contribution in [0.2, 0.25) is 0 Å². The summed E-state index contributed by atoms with van der Waals surface area (Å²) in [6.45, 7) is 1.96. The number of pyridine rings is 1. The predicted molar refractivity (Wildman–Crippen MR) is 101 cm³/mol. The van der Waals surface area contributed by atoms with Crippen LogP contribution in [0.25, 0.3) is 16.6 Å². The standard InChI is InChI=1S/C20H15F4N3O3/c1-20(25)7-26(8-20)17-13(23)5-10-16(15(17)24)27(6-11(18(10)28)19(29)30)14-3-2-9(21)4-12(14)22/h2-6H,7-8,25H2,1H3,(H,29,30). The number of carbonyl (C=O) groups is 1. The van der Waals surface area contributed by atoms with E-state index in [2.05, 4.69) is 0 Å². The quantitative estimate of drug-likeness (QED) is 0.635. The maximum atomic E-state index is 15.5. The minimum atomic E-state index is -1.66. The summed E-state index contributed by atoms with van der Waals surface area (Å²) in [7, 11) is 0. The highest BCUT2D eigenvalue weighted by Crippen LogP contribution is 2.35. The predicted octanol–water partition coefficient (Wildman–Crippen LogP) is 2.78. The van der Waals surface area contributed by atoms with Crippen LogP contribution in [0.5, 0.6) is 0 Å². The summed E-state index contributed by atoms with van der Waals surface area (Å²) in [5.74, 6) is -5.96. The highest BCUT2D eigenvalue weighted by atomic mass is 19.1. The number of rotatable bonds is 3. The molecule has 0 amide bonds. The minimum Gasteiger partial charge on any atom is -0.477 e. The van der Waals surface area contributed by atoms with E-state index in [0.29, 0.717) is 12.1 Å². The zero-order valence-corrected chi connectivity index (χ0v) is 15.5. The molecule has 6 nitrogen and oxygen atoms in total. The Morgan fingerprint density at radius 3 is 2.37 bits per heavy atom. The molecule has 0 radical (unpaired) electrons. The lowest BCUT2D eigenvalue weighted by Gasteiger charge is -2.47. The minimum absolute atomic E-state index is 0.134. The molecule has 1 fully saturated rings. The van der Waals surface area contributed by atoms with Gasteiger partial charge in [0.1, 0.15) is 28.7 Å². The highest BCUT2D eigenvalue weighted by Gasteiger charge is 2.38. The number of fused-ring (bicyclic) bond motifs is 1. The molecule has 0 atom stereocenters. The molecule has 10 heteroatoms. The number of hydrogen-bond donors (Lipinski definition) is 2. The van der Waals surface area contributed by atoms with Crippen molar-refractivity contribution in [3.8, 4) is 5.69 Å². The van der Waals surface area contributed by atoms with Crippen molar-refractivity contribution in [1.82, 2.24) is 4.57 Å². The van der Waals surface area contributed by atoms with E-state index in [1.807, 2.05) is 0 Å². The molecular formula is C20H15F4N3O3. The maximum Gasteiger partial charge on any atom is 0.341 e. The second kappa shape index (κ2) is 6.56. The van der Waals surface area contributed by atoms with Crippen molar-refractivity contribution >= 4 is 22.6 Å². The summed E-state index contributed by atoms with van der Waals surface area (Å²) in [4.78, 5) is 25.4. The monoisotopic (exact) mass is 421 g/mol. The molecule has 1 aromatic heterocycles. The van der Waals surface area contributed by atoms with Crippen LogP contribution in [-0.4, -0.2) is 34.3 Å². The van der Waals surface area contributed by atoms with Gasteiger partial charge in [-0.3, -0.25) is 4.79 Å². The molecule has 1 aliphatic rings. The van der Waals surface area contributed by atoms with Crippen LogP contribution in [0.4, 0.5) is 23.2 Å². The molecule has 3 N–H and O–H groups in total. The Hall–Kier alpha value is -3.40. The van der Waals surface area contributed by atoms with Crippen molar-refractivity contribution in [2.45, 2.75) is 12.5 Å². The molecule has 2 aromatic carbocycles. The SMILES string of the molecule is CC1(N)CN(c2c(F)cc3c(=O)c(C(=O)O)cn(-c4ccc(F)cc4F)c3c2F)C1. The van der Waals surface area contributed by atoms with Crippen LogP contribution in [-0.2, 0) is 0 Å². The Bertz CT molecular complexity index is 1280. The van der Waals surface area contributed by atoms with Gasteiger partial charge in [0.2, 0.25) is 5.43 Å². The fourth-order valence-electron chi connectivity index (χ4n) is 3.70. The Morgan fingerprint density at radius 2 is 1.80 bits per heavy atom. The molecule has 0 spiro atoms. The molecule has 4 rings (SSSR count). The number of benzene rings is 2. The Kier molecular flexibility index (Phi) is 4.35. The molecule has 30 heavy (non-hydrogen) atoms. The van der Waals surface area contributed by atoms with E-state index < -0.39 is 68.0 Å². The second-order valence-electron chi connectivity index (χ2n) is 7.57. The number of nitrogens with zero attached hydrogens (tertiary/aromatic N) is 2. The molecule has 1 saturated heterocycles. The van der Waals surface area contributed by atoms with Crippen molar-refractivity contribution in [2.75, 3.05) is 18.0 Å². The van der Waals surface area contributed by atoms with Gasteiger partial charge in [0, 0.05) is 30.9 Å². The average Bonchev–Trinajstić information content (AvgIpc) is 2.61. The van der Waals surface area contributed by atoms with Gasteiger partial charge in [0.15, 0.2) is 5.82 Å². The van der Waals surface area contributed by atoms with E-state index in [9.17, 15) is 27.9 Å². The molecule has 0 bridgehead atoms. The largest absolute Gasteiger partial charge is 0.477 e.